The van der Waals surface area contributed by atoms with Crippen molar-refractivity contribution in [3.8, 4) is 0 Å². The van der Waals surface area contributed by atoms with Gasteiger partial charge < -0.3 is 15.9 Å². The third-order valence-corrected chi connectivity index (χ3v) is 8.18. The SMILES string of the molecule is C=C1CCC2C(O)C(C3(CC)CCC(O)CC3CN)CCC12C. The minimum Gasteiger partial charge on any atom is -0.393 e. The molecule has 0 radical (unpaired) electrons. The zero-order valence-corrected chi connectivity index (χ0v) is 14.9. The van der Waals surface area contributed by atoms with Crippen molar-refractivity contribution in [2.45, 2.75) is 77.4 Å². The van der Waals surface area contributed by atoms with Gasteiger partial charge in [-0.3, -0.25) is 0 Å². The van der Waals surface area contributed by atoms with Crippen molar-refractivity contribution < 1.29 is 10.2 Å². The molecular formula is C20H35NO2. The first-order chi connectivity index (χ1) is 10.9. The molecule has 3 nitrogen and oxygen atoms in total. The standard InChI is InChI=1S/C20H35NO2/c1-4-20(10-7-15(22)11-14(20)12-21)17-8-9-19(3)13(2)5-6-16(19)18(17)23/h14-18,22-23H,2,4-12,21H2,1,3H3. The summed E-state index contributed by atoms with van der Waals surface area (Å²) in [6.07, 6.45) is 7.69. The van der Waals surface area contributed by atoms with E-state index in [9.17, 15) is 10.2 Å². The van der Waals surface area contributed by atoms with Crippen LogP contribution in [0.1, 0.15) is 65.2 Å². The minimum atomic E-state index is -0.239. The van der Waals surface area contributed by atoms with Gasteiger partial charge in [-0.25, -0.2) is 0 Å². The van der Waals surface area contributed by atoms with Gasteiger partial charge in [0.1, 0.15) is 0 Å². The van der Waals surface area contributed by atoms with Crippen molar-refractivity contribution in [1.82, 2.24) is 0 Å². The van der Waals surface area contributed by atoms with Crippen molar-refractivity contribution in [3.63, 3.8) is 0 Å². The molecule has 0 saturated heterocycles. The topological polar surface area (TPSA) is 66.5 Å². The van der Waals surface area contributed by atoms with Gasteiger partial charge in [-0.1, -0.05) is 26.0 Å². The van der Waals surface area contributed by atoms with Gasteiger partial charge in [0, 0.05) is 0 Å². The summed E-state index contributed by atoms with van der Waals surface area (Å²) in [5.74, 6) is 1.03. The smallest absolute Gasteiger partial charge is 0.0610 e. The van der Waals surface area contributed by atoms with Gasteiger partial charge in [-0.2, -0.15) is 0 Å². The highest BCUT2D eigenvalue weighted by molar-refractivity contribution is 5.21. The van der Waals surface area contributed by atoms with E-state index in [1.54, 1.807) is 0 Å². The Morgan fingerprint density at radius 1 is 1.17 bits per heavy atom. The van der Waals surface area contributed by atoms with Crippen LogP contribution in [0.3, 0.4) is 0 Å². The van der Waals surface area contributed by atoms with Crippen molar-refractivity contribution in [2.24, 2.45) is 34.3 Å². The molecule has 0 heterocycles. The highest BCUT2D eigenvalue weighted by Gasteiger charge is 2.57. The zero-order chi connectivity index (χ0) is 16.8. The summed E-state index contributed by atoms with van der Waals surface area (Å²) >= 11 is 0. The molecule has 3 heteroatoms. The second-order valence-electron chi connectivity index (χ2n) is 8.75. The van der Waals surface area contributed by atoms with Crippen LogP contribution in [-0.4, -0.2) is 29.0 Å². The maximum atomic E-state index is 11.3. The van der Waals surface area contributed by atoms with E-state index in [4.69, 9.17) is 5.73 Å². The summed E-state index contributed by atoms with van der Waals surface area (Å²) in [6, 6.07) is 0. The first-order valence-corrected chi connectivity index (χ1v) is 9.63. The van der Waals surface area contributed by atoms with Crippen LogP contribution in [0.4, 0.5) is 0 Å². The summed E-state index contributed by atoms with van der Waals surface area (Å²) < 4.78 is 0. The molecule has 0 aliphatic heterocycles. The van der Waals surface area contributed by atoms with Gasteiger partial charge in [0.05, 0.1) is 12.2 Å². The van der Waals surface area contributed by atoms with Crippen LogP contribution in [0.25, 0.3) is 0 Å². The van der Waals surface area contributed by atoms with Crippen molar-refractivity contribution in [2.75, 3.05) is 6.54 Å². The molecule has 0 spiro atoms. The number of aliphatic hydroxyl groups excluding tert-OH is 2. The monoisotopic (exact) mass is 321 g/mol. The lowest BCUT2D eigenvalue weighted by atomic mass is 9.50. The highest BCUT2D eigenvalue weighted by Crippen LogP contribution is 2.61. The van der Waals surface area contributed by atoms with E-state index in [-0.39, 0.29) is 23.0 Å². The van der Waals surface area contributed by atoms with Crippen molar-refractivity contribution >= 4 is 0 Å². The first kappa shape index (κ1) is 17.4. The van der Waals surface area contributed by atoms with E-state index in [0.717, 1.165) is 51.4 Å². The lowest BCUT2D eigenvalue weighted by molar-refractivity contribution is -0.126. The van der Waals surface area contributed by atoms with Gasteiger partial charge in [-0.15, -0.1) is 0 Å². The van der Waals surface area contributed by atoms with Gasteiger partial charge in [0.25, 0.3) is 0 Å². The van der Waals surface area contributed by atoms with Crippen LogP contribution >= 0.6 is 0 Å². The Morgan fingerprint density at radius 2 is 1.91 bits per heavy atom. The van der Waals surface area contributed by atoms with Gasteiger partial charge in [0.15, 0.2) is 0 Å². The van der Waals surface area contributed by atoms with E-state index in [2.05, 4.69) is 20.4 Å². The van der Waals surface area contributed by atoms with Crippen molar-refractivity contribution in [3.05, 3.63) is 12.2 Å². The summed E-state index contributed by atoms with van der Waals surface area (Å²) in [6.45, 7) is 9.50. The Bertz CT molecular complexity index is 465. The predicted molar refractivity (Wildman–Crippen MR) is 93.8 cm³/mol. The Hall–Kier alpha value is -0.380. The summed E-state index contributed by atoms with van der Waals surface area (Å²) in [5, 5.41) is 21.4. The maximum Gasteiger partial charge on any atom is 0.0610 e. The molecule has 3 saturated carbocycles. The summed E-state index contributed by atoms with van der Waals surface area (Å²) in [4.78, 5) is 0. The van der Waals surface area contributed by atoms with Crippen LogP contribution < -0.4 is 5.73 Å². The van der Waals surface area contributed by atoms with Crippen LogP contribution in [0.2, 0.25) is 0 Å². The van der Waals surface area contributed by atoms with Gasteiger partial charge in [0.2, 0.25) is 0 Å². The molecule has 23 heavy (non-hydrogen) atoms. The van der Waals surface area contributed by atoms with Crippen LogP contribution in [-0.2, 0) is 0 Å². The molecule has 3 fully saturated rings. The Labute approximate surface area is 141 Å². The Kier molecular flexibility index (Phi) is 4.67. The third kappa shape index (κ3) is 2.51. The lowest BCUT2D eigenvalue weighted by Crippen LogP contribution is -2.55. The fourth-order valence-corrected chi connectivity index (χ4v) is 6.51. The molecule has 7 unspecified atom stereocenters. The van der Waals surface area contributed by atoms with Crippen LogP contribution in [0, 0.1) is 28.6 Å². The number of rotatable bonds is 3. The van der Waals surface area contributed by atoms with E-state index in [1.165, 1.54) is 5.57 Å². The van der Waals surface area contributed by atoms with Crippen molar-refractivity contribution in [1.29, 1.82) is 0 Å². The number of aliphatic hydroxyl groups is 2. The lowest BCUT2D eigenvalue weighted by Gasteiger charge is -2.56. The molecule has 0 aromatic heterocycles. The molecule has 7 atom stereocenters. The first-order valence-electron chi connectivity index (χ1n) is 9.63. The molecule has 3 aliphatic carbocycles. The maximum absolute atomic E-state index is 11.3. The summed E-state index contributed by atoms with van der Waals surface area (Å²) in [5.41, 5.74) is 7.71. The van der Waals surface area contributed by atoms with Crippen LogP contribution in [0.15, 0.2) is 12.2 Å². The van der Waals surface area contributed by atoms with E-state index >= 15 is 0 Å². The number of fused-ring (bicyclic) bond motifs is 1. The zero-order valence-electron chi connectivity index (χ0n) is 14.9. The summed E-state index contributed by atoms with van der Waals surface area (Å²) in [7, 11) is 0. The second kappa shape index (κ2) is 6.16. The fraction of sp³-hybridized carbons (Fsp3) is 0.900. The van der Waals surface area contributed by atoms with Gasteiger partial charge in [-0.05, 0) is 86.5 Å². The largest absolute Gasteiger partial charge is 0.393 e. The number of nitrogens with two attached hydrogens (primary N) is 1. The molecule has 3 aliphatic rings. The Balaban J connectivity index is 1.89. The average Bonchev–Trinajstić information content (AvgIpc) is 2.85. The van der Waals surface area contributed by atoms with E-state index in [0.29, 0.717) is 24.3 Å². The normalized spacial score (nSPS) is 50.8. The highest BCUT2D eigenvalue weighted by atomic mass is 16.3. The van der Waals surface area contributed by atoms with Gasteiger partial charge >= 0.3 is 0 Å². The third-order valence-electron chi connectivity index (χ3n) is 8.18. The molecule has 4 N–H and O–H groups in total. The number of allylic oxidation sites excluding steroid dienone is 1. The quantitative estimate of drug-likeness (QED) is 0.699. The second-order valence-corrected chi connectivity index (χ2v) is 8.75. The Morgan fingerprint density at radius 3 is 2.57 bits per heavy atom. The number of hydrogen-bond acceptors (Lipinski definition) is 3. The predicted octanol–water partition coefficient (Wildman–Crippen LogP) is 3.25. The molecule has 0 bridgehead atoms. The number of hydrogen-bond donors (Lipinski definition) is 3. The molecule has 0 amide bonds. The van der Waals surface area contributed by atoms with E-state index < -0.39 is 0 Å². The molecule has 3 rings (SSSR count). The molecule has 0 aromatic rings. The molecule has 132 valence electrons. The average molecular weight is 322 g/mol. The fourth-order valence-electron chi connectivity index (χ4n) is 6.51. The molecular weight excluding hydrogens is 286 g/mol. The van der Waals surface area contributed by atoms with Crippen LogP contribution in [0.5, 0.6) is 0 Å². The van der Waals surface area contributed by atoms with E-state index in [1.807, 2.05) is 0 Å². The molecule has 0 aromatic carbocycles. The minimum absolute atomic E-state index is 0.110.